The maximum atomic E-state index is 4.61. The summed E-state index contributed by atoms with van der Waals surface area (Å²) in [6.07, 6.45) is 3.84. The molecule has 2 nitrogen and oxygen atoms in total. The Hall–Kier alpha value is -4.95. The Bertz CT molecular complexity index is 1860. The Morgan fingerprint density at radius 1 is 0.457 bits per heavy atom. The minimum atomic E-state index is -0.0484. The quantitative estimate of drug-likeness (QED) is 0.157. The SMILES string of the molecule is CC(C)(c1ccccc1)c1ccc(-c2[c-]cccc2)nc1.[Ir].[c-]1ccc(-c2ccccc2)cc1-c1cc(-c2ccccc2)ccn1. The van der Waals surface area contributed by atoms with E-state index in [1.165, 1.54) is 33.4 Å². The van der Waals surface area contributed by atoms with Crippen molar-refractivity contribution >= 4 is 0 Å². The van der Waals surface area contributed by atoms with Gasteiger partial charge in [0.2, 0.25) is 0 Å². The van der Waals surface area contributed by atoms with Crippen molar-refractivity contribution in [3.63, 3.8) is 0 Å². The molecule has 0 aliphatic rings. The number of rotatable bonds is 6. The van der Waals surface area contributed by atoms with E-state index in [0.29, 0.717) is 0 Å². The minimum Gasteiger partial charge on any atom is -0.305 e. The summed E-state index contributed by atoms with van der Waals surface area (Å²) in [6.45, 7) is 4.46. The van der Waals surface area contributed by atoms with Crippen LogP contribution < -0.4 is 0 Å². The average Bonchev–Trinajstić information content (AvgIpc) is 3.13. The first kappa shape index (κ1) is 32.4. The molecule has 0 aliphatic heterocycles. The molecule has 2 aromatic heterocycles. The average molecular weight is 771 g/mol. The van der Waals surface area contributed by atoms with Gasteiger partial charge in [0.25, 0.3) is 0 Å². The first-order chi connectivity index (χ1) is 22.1. The van der Waals surface area contributed by atoms with E-state index in [1.54, 1.807) is 0 Å². The molecule has 0 aliphatic carbocycles. The maximum absolute atomic E-state index is 4.61. The van der Waals surface area contributed by atoms with Crippen LogP contribution in [0.1, 0.15) is 25.0 Å². The summed E-state index contributed by atoms with van der Waals surface area (Å²) in [6, 6.07) is 60.3. The molecule has 0 unspecified atom stereocenters. The molecule has 7 rings (SSSR count). The minimum absolute atomic E-state index is 0. The Morgan fingerprint density at radius 3 is 1.67 bits per heavy atom. The third-order valence-corrected chi connectivity index (χ3v) is 8.02. The molecule has 0 amide bonds. The second-order valence-corrected chi connectivity index (χ2v) is 11.4. The first-order valence-corrected chi connectivity index (χ1v) is 15.2. The van der Waals surface area contributed by atoms with Gasteiger partial charge in [-0.2, -0.15) is 0 Å². The first-order valence-electron chi connectivity index (χ1n) is 15.2. The van der Waals surface area contributed by atoms with Gasteiger partial charge in [0.1, 0.15) is 0 Å². The summed E-state index contributed by atoms with van der Waals surface area (Å²) in [5, 5.41) is 0. The fourth-order valence-electron chi connectivity index (χ4n) is 5.31. The molecular formula is C43H34IrN2-2. The molecular weight excluding hydrogens is 737 g/mol. The predicted octanol–water partition coefficient (Wildman–Crippen LogP) is 10.8. The molecule has 0 bridgehead atoms. The van der Waals surface area contributed by atoms with Crippen molar-refractivity contribution < 1.29 is 20.1 Å². The van der Waals surface area contributed by atoms with Crippen LogP contribution in [0.4, 0.5) is 0 Å². The third kappa shape index (κ3) is 7.82. The van der Waals surface area contributed by atoms with Crippen molar-refractivity contribution in [3.8, 4) is 44.8 Å². The summed E-state index contributed by atoms with van der Waals surface area (Å²) in [4.78, 5) is 9.15. The van der Waals surface area contributed by atoms with Crippen LogP contribution in [0.25, 0.3) is 44.8 Å². The van der Waals surface area contributed by atoms with Crippen LogP contribution in [0.2, 0.25) is 0 Å². The van der Waals surface area contributed by atoms with Gasteiger partial charge in [0.05, 0.1) is 0 Å². The Balaban J connectivity index is 0.000000179. The molecule has 0 N–H and O–H groups in total. The van der Waals surface area contributed by atoms with Gasteiger partial charge in [-0.15, -0.1) is 71.3 Å². The van der Waals surface area contributed by atoms with Crippen molar-refractivity contribution in [3.05, 3.63) is 193 Å². The van der Waals surface area contributed by atoms with Crippen molar-refractivity contribution in [2.75, 3.05) is 0 Å². The van der Waals surface area contributed by atoms with Gasteiger partial charge < -0.3 is 9.97 Å². The van der Waals surface area contributed by atoms with Crippen LogP contribution in [-0.4, -0.2) is 9.97 Å². The molecule has 7 aromatic rings. The summed E-state index contributed by atoms with van der Waals surface area (Å²) in [5.41, 5.74) is 11.1. The normalized spacial score (nSPS) is 10.7. The van der Waals surface area contributed by atoms with Crippen LogP contribution in [0.5, 0.6) is 0 Å². The Kier molecular flexibility index (Phi) is 10.8. The predicted molar refractivity (Wildman–Crippen MR) is 186 cm³/mol. The topological polar surface area (TPSA) is 25.8 Å². The molecule has 2 heterocycles. The van der Waals surface area contributed by atoms with Crippen molar-refractivity contribution in [1.29, 1.82) is 0 Å². The molecule has 3 heteroatoms. The standard InChI is InChI=1S/C23H16N.C20H18N.Ir/c1-3-8-18(9-4-1)20-12-7-13-22(16-20)23-17-21(14-15-24-23)19-10-5-2-6-11-19;1-20(2,17-11-7-4-8-12-17)18-13-14-19(21-15-18)16-9-5-3-6-10-16;/h1-12,14-17H;3-9,11-15H,1-2H3;/q2*-1;. The largest absolute Gasteiger partial charge is 0.305 e. The van der Waals surface area contributed by atoms with Crippen molar-refractivity contribution in [2.45, 2.75) is 19.3 Å². The smallest absolute Gasteiger partial charge is 0.0201 e. The number of pyridine rings is 2. The van der Waals surface area contributed by atoms with E-state index < -0.39 is 0 Å². The van der Waals surface area contributed by atoms with E-state index >= 15 is 0 Å². The van der Waals surface area contributed by atoms with E-state index in [9.17, 15) is 0 Å². The third-order valence-electron chi connectivity index (χ3n) is 8.02. The van der Waals surface area contributed by atoms with Crippen LogP contribution >= 0.6 is 0 Å². The van der Waals surface area contributed by atoms with E-state index in [-0.39, 0.29) is 25.5 Å². The van der Waals surface area contributed by atoms with Crippen molar-refractivity contribution in [1.82, 2.24) is 9.97 Å². The summed E-state index contributed by atoms with van der Waals surface area (Å²) < 4.78 is 0. The number of hydrogen-bond acceptors (Lipinski definition) is 2. The van der Waals surface area contributed by atoms with Gasteiger partial charge in [-0.25, -0.2) is 0 Å². The fraction of sp³-hybridized carbons (Fsp3) is 0.0698. The zero-order valence-corrected chi connectivity index (χ0v) is 28.3. The number of benzene rings is 5. The second kappa shape index (κ2) is 15.4. The zero-order valence-electron chi connectivity index (χ0n) is 25.9. The summed E-state index contributed by atoms with van der Waals surface area (Å²) in [7, 11) is 0. The van der Waals surface area contributed by atoms with Gasteiger partial charge in [-0.1, -0.05) is 123 Å². The number of nitrogens with zero attached hydrogens (tertiary/aromatic N) is 2. The Morgan fingerprint density at radius 2 is 1.07 bits per heavy atom. The molecule has 0 atom stereocenters. The van der Waals surface area contributed by atoms with Crippen LogP contribution in [0.3, 0.4) is 0 Å². The van der Waals surface area contributed by atoms with Crippen molar-refractivity contribution in [2.24, 2.45) is 0 Å². The molecule has 227 valence electrons. The maximum Gasteiger partial charge on any atom is 0.0201 e. The molecule has 5 aromatic carbocycles. The van der Waals surface area contributed by atoms with Gasteiger partial charge in [-0.3, -0.25) is 0 Å². The van der Waals surface area contributed by atoms with Gasteiger partial charge in [0, 0.05) is 37.9 Å². The van der Waals surface area contributed by atoms with Gasteiger partial charge in [-0.05, 0) is 45.3 Å². The van der Waals surface area contributed by atoms with Crippen LogP contribution in [-0.2, 0) is 25.5 Å². The molecule has 0 fully saturated rings. The molecule has 0 saturated carbocycles. The van der Waals surface area contributed by atoms with E-state index in [4.69, 9.17) is 0 Å². The van der Waals surface area contributed by atoms with Gasteiger partial charge >= 0.3 is 0 Å². The summed E-state index contributed by atoms with van der Waals surface area (Å²) in [5.74, 6) is 0. The number of aromatic nitrogens is 2. The summed E-state index contributed by atoms with van der Waals surface area (Å²) >= 11 is 0. The van der Waals surface area contributed by atoms with E-state index in [1.807, 2.05) is 67.0 Å². The van der Waals surface area contributed by atoms with E-state index in [0.717, 1.165) is 22.5 Å². The molecule has 0 saturated heterocycles. The fourth-order valence-corrected chi connectivity index (χ4v) is 5.31. The monoisotopic (exact) mass is 771 g/mol. The molecule has 1 radical (unpaired) electrons. The van der Waals surface area contributed by atoms with E-state index in [2.05, 4.69) is 139 Å². The second-order valence-electron chi connectivity index (χ2n) is 11.4. The van der Waals surface area contributed by atoms with Crippen LogP contribution in [0.15, 0.2) is 170 Å². The van der Waals surface area contributed by atoms with Crippen LogP contribution in [0, 0.1) is 12.1 Å². The zero-order chi connectivity index (χ0) is 30.9. The van der Waals surface area contributed by atoms with Gasteiger partial charge in [0.15, 0.2) is 0 Å². The molecule has 0 spiro atoms. The Labute approximate surface area is 286 Å². The number of hydrogen-bond donors (Lipinski definition) is 0. The molecule has 46 heavy (non-hydrogen) atoms.